The van der Waals surface area contributed by atoms with Crippen LogP contribution in [0.4, 0.5) is 5.69 Å². The van der Waals surface area contributed by atoms with Crippen LogP contribution in [-0.2, 0) is 4.79 Å². The third-order valence-corrected chi connectivity index (χ3v) is 4.96. The van der Waals surface area contributed by atoms with Crippen molar-refractivity contribution >= 4 is 40.6 Å². The average molecular weight is 398 g/mol. The molecule has 144 valence electrons. The summed E-state index contributed by atoms with van der Waals surface area (Å²) in [6.45, 7) is 2.23. The highest BCUT2D eigenvalue weighted by atomic mass is 32.2. The normalized spacial score (nSPS) is 16.8. The molecule has 0 bridgehead atoms. The first kappa shape index (κ1) is 19.5. The summed E-state index contributed by atoms with van der Waals surface area (Å²) < 4.78 is 5.37. The highest BCUT2D eigenvalue weighted by Gasteiger charge is 2.30. The van der Waals surface area contributed by atoms with Gasteiger partial charge in [-0.2, -0.15) is 0 Å². The number of carbonyl (C=O) groups excluding carboxylic acids is 1. The van der Waals surface area contributed by atoms with Crippen LogP contribution in [0.2, 0.25) is 0 Å². The number of aromatic carboxylic acids is 1. The second-order valence-corrected chi connectivity index (χ2v) is 6.89. The second-order valence-electron chi connectivity index (χ2n) is 5.88. The maximum Gasteiger partial charge on any atom is 0.335 e. The van der Waals surface area contributed by atoms with Crippen molar-refractivity contribution in [2.24, 2.45) is 4.99 Å². The van der Waals surface area contributed by atoms with Crippen molar-refractivity contribution in [3.63, 3.8) is 0 Å². The summed E-state index contributed by atoms with van der Waals surface area (Å²) in [5.41, 5.74) is 1.29. The van der Waals surface area contributed by atoms with Crippen molar-refractivity contribution in [2.75, 3.05) is 13.7 Å². The molecule has 1 aliphatic rings. The van der Waals surface area contributed by atoms with Crippen molar-refractivity contribution in [3.05, 3.63) is 58.5 Å². The number of aromatic hydroxyl groups is 1. The van der Waals surface area contributed by atoms with Crippen LogP contribution in [0.25, 0.3) is 6.08 Å². The fourth-order valence-electron chi connectivity index (χ4n) is 2.51. The molecule has 0 aromatic heterocycles. The van der Waals surface area contributed by atoms with E-state index >= 15 is 0 Å². The highest BCUT2D eigenvalue weighted by Crippen LogP contribution is 2.35. The Hall–Kier alpha value is -3.26. The Morgan fingerprint density at radius 1 is 1.29 bits per heavy atom. The number of likely N-dealkylation sites (N-methyl/N-ethyl adjacent to an activating group) is 1. The number of hydrogen-bond donors (Lipinski definition) is 2. The molecule has 2 N–H and O–H groups in total. The summed E-state index contributed by atoms with van der Waals surface area (Å²) in [7, 11) is 1.61. The molecule has 7 nitrogen and oxygen atoms in total. The summed E-state index contributed by atoms with van der Waals surface area (Å²) in [6, 6.07) is 11.1. The van der Waals surface area contributed by atoms with E-state index in [0.717, 1.165) is 0 Å². The van der Waals surface area contributed by atoms with Crippen molar-refractivity contribution < 1.29 is 24.5 Å². The number of nitrogens with zero attached hydrogens (tertiary/aromatic N) is 2. The Kier molecular flexibility index (Phi) is 5.70. The van der Waals surface area contributed by atoms with Gasteiger partial charge in [-0.15, -0.1) is 0 Å². The first-order valence-corrected chi connectivity index (χ1v) is 9.26. The van der Waals surface area contributed by atoms with Gasteiger partial charge in [0.2, 0.25) is 0 Å². The lowest BCUT2D eigenvalue weighted by Gasteiger charge is -2.07. The molecule has 0 radical (unpaired) electrons. The summed E-state index contributed by atoms with van der Waals surface area (Å²) in [5, 5.41) is 19.3. The molecular formula is C20H18N2O5S. The minimum Gasteiger partial charge on any atom is -0.504 e. The van der Waals surface area contributed by atoms with Crippen molar-refractivity contribution in [1.82, 2.24) is 4.90 Å². The van der Waals surface area contributed by atoms with Gasteiger partial charge in [0.1, 0.15) is 0 Å². The summed E-state index contributed by atoms with van der Waals surface area (Å²) in [4.78, 5) is 29.9. The molecule has 0 spiro atoms. The maximum absolute atomic E-state index is 12.5. The molecule has 1 heterocycles. The number of hydrogen-bond acceptors (Lipinski definition) is 6. The zero-order valence-corrected chi connectivity index (χ0v) is 16.1. The molecule has 0 saturated carbocycles. The van der Waals surface area contributed by atoms with Crippen LogP contribution in [-0.4, -0.2) is 45.8 Å². The molecule has 1 saturated heterocycles. The molecule has 0 atom stereocenters. The lowest BCUT2D eigenvalue weighted by Crippen LogP contribution is -2.23. The molecule has 2 aromatic carbocycles. The molecule has 0 unspecified atom stereocenters. The number of amidine groups is 1. The molecule has 3 rings (SSSR count). The van der Waals surface area contributed by atoms with Gasteiger partial charge in [-0.1, -0.05) is 12.1 Å². The van der Waals surface area contributed by atoms with E-state index in [1.165, 1.54) is 34.9 Å². The van der Waals surface area contributed by atoms with E-state index in [4.69, 9.17) is 9.84 Å². The molecule has 2 aromatic rings. The van der Waals surface area contributed by atoms with Crippen LogP contribution in [0.1, 0.15) is 22.8 Å². The maximum atomic E-state index is 12.5. The van der Waals surface area contributed by atoms with Gasteiger partial charge in [0.15, 0.2) is 16.7 Å². The molecule has 0 aliphatic carbocycles. The van der Waals surface area contributed by atoms with Gasteiger partial charge in [-0.3, -0.25) is 9.69 Å². The summed E-state index contributed by atoms with van der Waals surface area (Å²) in [6.07, 6.45) is 1.70. The lowest BCUT2D eigenvalue weighted by atomic mass is 10.2. The van der Waals surface area contributed by atoms with Gasteiger partial charge in [0.25, 0.3) is 5.91 Å². The Balaban J connectivity index is 1.89. The third kappa shape index (κ3) is 4.17. The number of phenolic OH excluding ortho intramolecular Hbond substituents is 1. The first-order chi connectivity index (χ1) is 13.4. The number of carboxylic acids is 1. The summed E-state index contributed by atoms with van der Waals surface area (Å²) >= 11 is 1.19. The summed E-state index contributed by atoms with van der Waals surface area (Å²) in [5.74, 6) is -0.875. The van der Waals surface area contributed by atoms with Crippen molar-refractivity contribution in [1.29, 1.82) is 0 Å². The van der Waals surface area contributed by atoms with Gasteiger partial charge in [-0.05, 0) is 60.7 Å². The molecule has 8 heteroatoms. The van der Waals surface area contributed by atoms with Gasteiger partial charge in [0, 0.05) is 7.05 Å². The topological polar surface area (TPSA) is 99.4 Å². The van der Waals surface area contributed by atoms with E-state index in [-0.39, 0.29) is 17.2 Å². The van der Waals surface area contributed by atoms with Crippen LogP contribution >= 0.6 is 11.8 Å². The van der Waals surface area contributed by atoms with Crippen LogP contribution in [0.5, 0.6) is 11.5 Å². The van der Waals surface area contributed by atoms with Gasteiger partial charge in [0.05, 0.1) is 22.8 Å². The smallest absolute Gasteiger partial charge is 0.335 e. The predicted octanol–water partition coefficient (Wildman–Crippen LogP) is 3.72. The predicted molar refractivity (Wildman–Crippen MR) is 108 cm³/mol. The lowest BCUT2D eigenvalue weighted by molar-refractivity contribution is -0.121. The number of rotatable bonds is 5. The van der Waals surface area contributed by atoms with E-state index in [0.29, 0.717) is 33.7 Å². The van der Waals surface area contributed by atoms with Crippen LogP contribution in [0.15, 0.2) is 52.4 Å². The van der Waals surface area contributed by atoms with Gasteiger partial charge < -0.3 is 14.9 Å². The van der Waals surface area contributed by atoms with Gasteiger partial charge in [-0.25, -0.2) is 9.79 Å². The zero-order chi connectivity index (χ0) is 20.3. The third-order valence-electron chi connectivity index (χ3n) is 3.90. The van der Waals surface area contributed by atoms with Gasteiger partial charge >= 0.3 is 5.97 Å². The number of amides is 1. The number of aliphatic imine (C=N–C) groups is 1. The minimum absolute atomic E-state index is 0.0343. The van der Waals surface area contributed by atoms with E-state index in [1.807, 2.05) is 6.92 Å². The number of thioether (sulfide) groups is 1. The van der Waals surface area contributed by atoms with E-state index in [2.05, 4.69) is 4.99 Å². The quantitative estimate of drug-likeness (QED) is 0.745. The zero-order valence-electron chi connectivity index (χ0n) is 15.2. The number of phenols is 1. The fraction of sp³-hybridized carbons (Fsp3) is 0.150. The second kappa shape index (κ2) is 8.18. The van der Waals surface area contributed by atoms with Crippen LogP contribution in [0.3, 0.4) is 0 Å². The average Bonchev–Trinajstić information content (AvgIpc) is 2.93. The Morgan fingerprint density at radius 3 is 2.79 bits per heavy atom. The highest BCUT2D eigenvalue weighted by molar-refractivity contribution is 8.18. The fourth-order valence-corrected chi connectivity index (χ4v) is 3.50. The Morgan fingerprint density at radius 2 is 2.07 bits per heavy atom. The van der Waals surface area contributed by atoms with Crippen LogP contribution < -0.4 is 4.74 Å². The number of benzene rings is 2. The van der Waals surface area contributed by atoms with E-state index < -0.39 is 5.97 Å². The minimum atomic E-state index is -1.04. The van der Waals surface area contributed by atoms with Crippen LogP contribution in [0, 0.1) is 0 Å². The van der Waals surface area contributed by atoms with Crippen molar-refractivity contribution in [2.45, 2.75) is 6.92 Å². The Labute approximate surface area is 166 Å². The van der Waals surface area contributed by atoms with E-state index in [1.54, 1.807) is 37.4 Å². The standard InChI is InChI=1S/C20H18N2O5S/c1-3-27-16-9-12(7-8-15(16)23)10-17-18(24)22(2)20(28-17)21-14-6-4-5-13(11-14)19(25)26/h4-11,23H,3H2,1-2H3,(H,25,26). The largest absolute Gasteiger partial charge is 0.504 e. The van der Waals surface area contributed by atoms with Crippen molar-refractivity contribution in [3.8, 4) is 11.5 Å². The molecule has 1 amide bonds. The number of ether oxygens (including phenoxy) is 1. The molecule has 1 fully saturated rings. The van der Waals surface area contributed by atoms with E-state index in [9.17, 15) is 14.7 Å². The molecule has 1 aliphatic heterocycles. The Bertz CT molecular complexity index is 1000. The monoisotopic (exact) mass is 398 g/mol. The first-order valence-electron chi connectivity index (χ1n) is 8.44. The molecule has 28 heavy (non-hydrogen) atoms. The molecular weight excluding hydrogens is 380 g/mol. The SMILES string of the molecule is CCOc1cc(C=C2SC(=Nc3cccc(C(=O)O)c3)N(C)C2=O)ccc1O. The number of carboxylic acid groups (broad SMARTS) is 1. The number of carbonyl (C=O) groups is 2.